The fourth-order valence-corrected chi connectivity index (χ4v) is 3.14. The van der Waals surface area contributed by atoms with Crippen molar-refractivity contribution < 1.29 is 4.74 Å². The number of benzene rings is 3. The fourth-order valence-electron chi connectivity index (χ4n) is 2.91. The summed E-state index contributed by atoms with van der Waals surface area (Å²) >= 11 is 6.29. The zero-order valence-corrected chi connectivity index (χ0v) is 16.1. The molecule has 5 heteroatoms. The van der Waals surface area contributed by atoms with E-state index in [4.69, 9.17) is 16.3 Å². The van der Waals surface area contributed by atoms with Crippen LogP contribution in [0.2, 0.25) is 5.15 Å². The number of nitrogens with one attached hydrogen (secondary N) is 1. The quantitative estimate of drug-likeness (QED) is 0.376. The molecule has 0 bridgehead atoms. The zero-order chi connectivity index (χ0) is 20.1. The van der Waals surface area contributed by atoms with Gasteiger partial charge in [-0.15, -0.1) is 0 Å². The lowest BCUT2D eigenvalue weighted by molar-refractivity contribution is 0.483. The number of aromatic nitrogens is 1. The lowest BCUT2D eigenvalue weighted by Gasteiger charge is -2.12. The predicted octanol–water partition coefficient (Wildman–Crippen LogP) is 6.81. The van der Waals surface area contributed by atoms with Crippen LogP contribution in [-0.2, 0) is 0 Å². The molecule has 0 amide bonds. The number of nitriles is 1. The van der Waals surface area contributed by atoms with Gasteiger partial charge in [0, 0.05) is 11.3 Å². The summed E-state index contributed by atoms with van der Waals surface area (Å²) in [5, 5.41) is 13.0. The Morgan fingerprint density at radius 2 is 1.45 bits per heavy atom. The Labute approximate surface area is 174 Å². The Kier molecular flexibility index (Phi) is 5.42. The minimum absolute atomic E-state index is 0.160. The van der Waals surface area contributed by atoms with E-state index in [1.807, 2.05) is 91.0 Å². The average molecular weight is 398 g/mol. The van der Waals surface area contributed by atoms with Crippen LogP contribution in [0, 0.1) is 11.3 Å². The van der Waals surface area contributed by atoms with Gasteiger partial charge in [0.25, 0.3) is 0 Å². The van der Waals surface area contributed by atoms with E-state index in [-0.39, 0.29) is 5.15 Å². The maximum atomic E-state index is 9.57. The van der Waals surface area contributed by atoms with Crippen LogP contribution in [0.1, 0.15) is 5.56 Å². The van der Waals surface area contributed by atoms with Crippen LogP contribution in [0.4, 0.5) is 11.5 Å². The zero-order valence-electron chi connectivity index (χ0n) is 15.3. The van der Waals surface area contributed by atoms with Crippen LogP contribution in [0.25, 0.3) is 11.1 Å². The molecular weight excluding hydrogens is 382 g/mol. The largest absolute Gasteiger partial charge is 0.457 e. The monoisotopic (exact) mass is 397 g/mol. The fraction of sp³-hybridized carbons (Fsp3) is 0. The molecule has 0 unspecified atom stereocenters. The van der Waals surface area contributed by atoms with Crippen molar-refractivity contribution in [2.24, 2.45) is 0 Å². The minimum Gasteiger partial charge on any atom is -0.457 e. The Morgan fingerprint density at radius 3 is 2.10 bits per heavy atom. The molecule has 29 heavy (non-hydrogen) atoms. The number of hydrogen-bond acceptors (Lipinski definition) is 4. The normalized spacial score (nSPS) is 10.2. The van der Waals surface area contributed by atoms with Gasteiger partial charge in [0.1, 0.15) is 28.5 Å². The average Bonchev–Trinajstić information content (AvgIpc) is 2.75. The molecule has 0 fully saturated rings. The number of ether oxygens (including phenoxy) is 1. The van der Waals surface area contributed by atoms with Crippen molar-refractivity contribution in [1.82, 2.24) is 4.98 Å². The highest BCUT2D eigenvalue weighted by Crippen LogP contribution is 2.33. The summed E-state index contributed by atoms with van der Waals surface area (Å²) in [6.07, 6.45) is 0. The van der Waals surface area contributed by atoms with E-state index < -0.39 is 0 Å². The summed E-state index contributed by atoms with van der Waals surface area (Å²) in [5.41, 5.74) is 2.78. The van der Waals surface area contributed by atoms with Crippen molar-refractivity contribution in [1.29, 1.82) is 5.26 Å². The Bertz CT molecular complexity index is 1150. The molecule has 3 aromatic carbocycles. The van der Waals surface area contributed by atoms with Crippen molar-refractivity contribution in [3.05, 3.63) is 102 Å². The third kappa shape index (κ3) is 4.37. The highest BCUT2D eigenvalue weighted by atomic mass is 35.5. The summed E-state index contributed by atoms with van der Waals surface area (Å²) in [6.45, 7) is 0. The van der Waals surface area contributed by atoms with Gasteiger partial charge < -0.3 is 10.1 Å². The summed E-state index contributed by atoms with van der Waals surface area (Å²) in [4.78, 5) is 4.31. The molecule has 0 aliphatic rings. The number of rotatable bonds is 5. The molecule has 0 radical (unpaired) electrons. The van der Waals surface area contributed by atoms with E-state index in [9.17, 15) is 5.26 Å². The molecule has 1 aromatic heterocycles. The SMILES string of the molecule is N#Cc1c(-c2ccc(Oc3ccccc3)cc2)cc(Nc2ccccc2)nc1Cl. The van der Waals surface area contributed by atoms with Crippen molar-refractivity contribution in [3.63, 3.8) is 0 Å². The molecule has 140 valence electrons. The molecule has 0 aliphatic carbocycles. The smallest absolute Gasteiger partial charge is 0.149 e. The van der Waals surface area contributed by atoms with E-state index in [2.05, 4.69) is 16.4 Å². The molecule has 0 aliphatic heterocycles. The Hall–Kier alpha value is -3.81. The number of nitrogens with zero attached hydrogens (tertiary/aromatic N) is 2. The van der Waals surface area contributed by atoms with E-state index >= 15 is 0 Å². The maximum absolute atomic E-state index is 9.57. The van der Waals surface area contributed by atoms with Crippen molar-refractivity contribution >= 4 is 23.1 Å². The van der Waals surface area contributed by atoms with Gasteiger partial charge in [-0.3, -0.25) is 0 Å². The second-order valence-electron chi connectivity index (χ2n) is 6.26. The number of para-hydroxylation sites is 2. The Balaban J connectivity index is 1.65. The summed E-state index contributed by atoms with van der Waals surface area (Å²) in [5.74, 6) is 2.04. The third-order valence-corrected chi connectivity index (χ3v) is 4.55. The third-order valence-electron chi connectivity index (χ3n) is 4.28. The van der Waals surface area contributed by atoms with Crippen LogP contribution < -0.4 is 10.1 Å². The number of pyridine rings is 1. The van der Waals surface area contributed by atoms with E-state index in [0.29, 0.717) is 22.7 Å². The van der Waals surface area contributed by atoms with Gasteiger partial charge in [0.05, 0.1) is 5.56 Å². The number of anilines is 2. The molecule has 0 atom stereocenters. The molecule has 0 saturated heterocycles. The first-order valence-electron chi connectivity index (χ1n) is 8.99. The highest BCUT2D eigenvalue weighted by Gasteiger charge is 2.13. The standard InChI is InChI=1S/C24H16ClN3O/c25-24-22(16-26)21(15-23(28-24)27-18-7-3-1-4-8-18)17-11-13-20(14-12-17)29-19-9-5-2-6-10-19/h1-15H,(H,27,28). The van der Waals surface area contributed by atoms with E-state index in [0.717, 1.165) is 17.0 Å². The molecule has 1 heterocycles. The van der Waals surface area contributed by atoms with Crippen molar-refractivity contribution in [2.75, 3.05) is 5.32 Å². The van der Waals surface area contributed by atoms with Crippen LogP contribution in [0.5, 0.6) is 11.5 Å². The lowest BCUT2D eigenvalue weighted by atomic mass is 10.0. The van der Waals surface area contributed by atoms with Crippen molar-refractivity contribution in [2.45, 2.75) is 0 Å². The molecule has 0 spiro atoms. The minimum atomic E-state index is 0.160. The molecule has 4 nitrogen and oxygen atoms in total. The second-order valence-corrected chi connectivity index (χ2v) is 6.62. The van der Waals surface area contributed by atoms with Crippen LogP contribution in [0.15, 0.2) is 91.0 Å². The van der Waals surface area contributed by atoms with Crippen LogP contribution >= 0.6 is 11.6 Å². The van der Waals surface area contributed by atoms with Gasteiger partial charge in [-0.1, -0.05) is 60.1 Å². The summed E-state index contributed by atoms with van der Waals surface area (Å²) in [7, 11) is 0. The van der Waals surface area contributed by atoms with Crippen molar-refractivity contribution in [3.8, 4) is 28.7 Å². The first kappa shape index (κ1) is 18.5. The first-order chi connectivity index (χ1) is 14.2. The molecular formula is C24H16ClN3O. The predicted molar refractivity (Wildman–Crippen MR) is 116 cm³/mol. The van der Waals surface area contributed by atoms with Gasteiger partial charge in [-0.25, -0.2) is 4.98 Å². The van der Waals surface area contributed by atoms with Crippen LogP contribution in [0.3, 0.4) is 0 Å². The van der Waals surface area contributed by atoms with Crippen LogP contribution in [-0.4, -0.2) is 4.98 Å². The maximum Gasteiger partial charge on any atom is 0.149 e. The molecule has 4 aromatic rings. The summed E-state index contributed by atoms with van der Waals surface area (Å²) in [6, 6.07) is 30.7. The molecule has 0 saturated carbocycles. The number of halogens is 1. The second kappa shape index (κ2) is 8.47. The highest BCUT2D eigenvalue weighted by molar-refractivity contribution is 6.31. The topological polar surface area (TPSA) is 57.9 Å². The van der Waals surface area contributed by atoms with Gasteiger partial charge in [0.15, 0.2) is 0 Å². The first-order valence-corrected chi connectivity index (χ1v) is 9.37. The molecule has 4 rings (SSSR count). The van der Waals surface area contributed by atoms with E-state index in [1.54, 1.807) is 0 Å². The Morgan fingerprint density at radius 1 is 0.828 bits per heavy atom. The number of hydrogen-bond donors (Lipinski definition) is 1. The summed E-state index contributed by atoms with van der Waals surface area (Å²) < 4.78 is 5.84. The lowest BCUT2D eigenvalue weighted by Crippen LogP contribution is -1.97. The van der Waals surface area contributed by atoms with E-state index in [1.165, 1.54) is 0 Å². The van der Waals surface area contributed by atoms with Gasteiger partial charge in [0.2, 0.25) is 0 Å². The van der Waals surface area contributed by atoms with Gasteiger partial charge in [-0.05, 0) is 48.0 Å². The van der Waals surface area contributed by atoms with Gasteiger partial charge in [-0.2, -0.15) is 5.26 Å². The van der Waals surface area contributed by atoms with Gasteiger partial charge >= 0.3 is 0 Å². The molecule has 1 N–H and O–H groups in total.